The maximum atomic E-state index is 11.2. The van der Waals surface area contributed by atoms with Gasteiger partial charge in [-0.15, -0.1) is 0 Å². The second-order valence-corrected chi connectivity index (χ2v) is 5.06. The number of esters is 2. The Balaban J connectivity index is 2.42. The van der Waals surface area contributed by atoms with E-state index >= 15 is 0 Å². The van der Waals surface area contributed by atoms with Crippen LogP contribution < -0.4 is 9.47 Å². The minimum Gasteiger partial charge on any atom is -0.483 e. The van der Waals surface area contributed by atoms with E-state index in [0.717, 1.165) is 0 Å². The number of fused-ring (bicyclic) bond motifs is 1. The van der Waals surface area contributed by atoms with E-state index in [1.165, 1.54) is 13.8 Å². The lowest BCUT2D eigenvalue weighted by Gasteiger charge is -2.30. The van der Waals surface area contributed by atoms with E-state index in [9.17, 15) is 9.59 Å². The molecule has 0 atom stereocenters. The van der Waals surface area contributed by atoms with Crippen molar-refractivity contribution in [1.82, 2.24) is 0 Å². The third-order valence-electron chi connectivity index (χ3n) is 2.59. The Morgan fingerprint density at radius 2 is 1.75 bits per heavy atom. The minimum atomic E-state index is -0.618. The molecule has 1 heterocycles. The molecule has 0 N–H and O–H groups in total. The lowest BCUT2D eigenvalue weighted by Crippen LogP contribution is -2.29. The molecule has 0 radical (unpaired) electrons. The zero-order valence-electron chi connectivity index (χ0n) is 11.9. The summed E-state index contributed by atoms with van der Waals surface area (Å²) in [7, 11) is 0. The zero-order valence-corrected chi connectivity index (χ0v) is 11.9. The molecule has 1 aliphatic heterocycles. The maximum absolute atomic E-state index is 11.2. The highest BCUT2D eigenvalue weighted by atomic mass is 16.5. The monoisotopic (exact) mass is 276 g/mol. The van der Waals surface area contributed by atoms with Gasteiger partial charge in [-0.3, -0.25) is 9.59 Å². The first-order chi connectivity index (χ1) is 9.27. The number of benzene rings is 1. The third-order valence-corrected chi connectivity index (χ3v) is 2.59. The van der Waals surface area contributed by atoms with Gasteiger partial charge in [-0.1, -0.05) is 0 Å². The van der Waals surface area contributed by atoms with E-state index in [4.69, 9.17) is 14.2 Å². The highest BCUT2D eigenvalue weighted by Gasteiger charge is 2.28. The standard InChI is InChI=1S/C15H16O5/c1-9(16)18-11-5-6-12-13(7-11)20-15(3,4)8-14(12)19-10(2)17/h5-8H,1-4H3. The molecule has 0 amide bonds. The van der Waals surface area contributed by atoms with Crippen molar-refractivity contribution in [3.8, 4) is 11.5 Å². The van der Waals surface area contributed by atoms with Crippen molar-refractivity contribution in [1.29, 1.82) is 0 Å². The van der Waals surface area contributed by atoms with E-state index in [-0.39, 0.29) is 0 Å². The van der Waals surface area contributed by atoms with Gasteiger partial charge in [-0.25, -0.2) is 0 Å². The van der Waals surface area contributed by atoms with Crippen LogP contribution in [0.4, 0.5) is 0 Å². The summed E-state index contributed by atoms with van der Waals surface area (Å²) in [5.74, 6) is 0.529. The van der Waals surface area contributed by atoms with Crippen molar-refractivity contribution in [2.24, 2.45) is 0 Å². The van der Waals surface area contributed by atoms with E-state index in [1.807, 2.05) is 13.8 Å². The quantitative estimate of drug-likeness (QED) is 0.614. The van der Waals surface area contributed by atoms with Gasteiger partial charge in [0.1, 0.15) is 22.9 Å². The van der Waals surface area contributed by atoms with Crippen molar-refractivity contribution in [3.05, 3.63) is 29.8 Å². The van der Waals surface area contributed by atoms with Crippen LogP contribution in [-0.2, 0) is 14.3 Å². The number of hydrogen-bond donors (Lipinski definition) is 0. The molecule has 5 nitrogen and oxygen atoms in total. The van der Waals surface area contributed by atoms with Crippen LogP contribution in [0.5, 0.6) is 11.5 Å². The summed E-state index contributed by atoms with van der Waals surface area (Å²) >= 11 is 0. The van der Waals surface area contributed by atoms with Gasteiger partial charge in [0.2, 0.25) is 0 Å². The average molecular weight is 276 g/mol. The molecule has 0 fully saturated rings. The van der Waals surface area contributed by atoms with Gasteiger partial charge >= 0.3 is 11.9 Å². The fourth-order valence-corrected chi connectivity index (χ4v) is 1.97. The van der Waals surface area contributed by atoms with Gasteiger partial charge in [-0.05, 0) is 26.0 Å². The molecule has 1 aromatic rings. The number of hydrogen-bond acceptors (Lipinski definition) is 5. The molecular weight excluding hydrogens is 260 g/mol. The Hall–Kier alpha value is -2.30. The number of carbonyl (C=O) groups is 2. The summed E-state index contributed by atoms with van der Waals surface area (Å²) in [6.45, 7) is 6.36. The first-order valence-electron chi connectivity index (χ1n) is 6.20. The smallest absolute Gasteiger partial charge is 0.308 e. The van der Waals surface area contributed by atoms with Crippen LogP contribution >= 0.6 is 0 Å². The second kappa shape index (κ2) is 5.00. The summed E-state index contributed by atoms with van der Waals surface area (Å²) in [5, 5.41) is 0. The van der Waals surface area contributed by atoms with Crippen LogP contribution in [0.1, 0.15) is 33.3 Å². The second-order valence-electron chi connectivity index (χ2n) is 5.06. The van der Waals surface area contributed by atoms with Crippen molar-refractivity contribution < 1.29 is 23.8 Å². The van der Waals surface area contributed by atoms with E-state index in [1.54, 1.807) is 24.3 Å². The Labute approximate surface area is 117 Å². The lowest BCUT2D eigenvalue weighted by atomic mass is 10.0. The van der Waals surface area contributed by atoms with Crippen LogP contribution in [-0.4, -0.2) is 17.5 Å². The molecule has 2 rings (SSSR count). The summed E-state index contributed by atoms with van der Waals surface area (Å²) in [5.41, 5.74) is 0.0301. The normalized spacial score (nSPS) is 15.5. The number of ether oxygens (including phenoxy) is 3. The van der Waals surface area contributed by atoms with E-state index in [2.05, 4.69) is 0 Å². The van der Waals surface area contributed by atoms with Gasteiger partial charge in [0.05, 0.1) is 5.56 Å². The topological polar surface area (TPSA) is 61.8 Å². The van der Waals surface area contributed by atoms with Crippen LogP contribution in [0.15, 0.2) is 24.3 Å². The Morgan fingerprint density at radius 3 is 2.35 bits per heavy atom. The summed E-state index contributed by atoms with van der Waals surface area (Å²) in [6, 6.07) is 4.92. The van der Waals surface area contributed by atoms with Crippen LogP contribution in [0.3, 0.4) is 0 Å². The van der Waals surface area contributed by atoms with Crippen molar-refractivity contribution >= 4 is 17.7 Å². The molecule has 0 saturated carbocycles. The summed E-state index contributed by atoms with van der Waals surface area (Å²) in [6.07, 6.45) is 1.74. The van der Waals surface area contributed by atoms with Crippen LogP contribution in [0, 0.1) is 0 Å². The molecule has 0 saturated heterocycles. The van der Waals surface area contributed by atoms with Crippen molar-refractivity contribution in [2.45, 2.75) is 33.3 Å². The molecule has 20 heavy (non-hydrogen) atoms. The van der Waals surface area contributed by atoms with E-state index in [0.29, 0.717) is 22.8 Å². The highest BCUT2D eigenvalue weighted by Crippen LogP contribution is 2.38. The Morgan fingerprint density at radius 1 is 1.10 bits per heavy atom. The molecule has 0 aromatic heterocycles. The van der Waals surface area contributed by atoms with Gasteiger partial charge in [0, 0.05) is 26.0 Å². The third kappa shape index (κ3) is 3.17. The number of carbonyl (C=O) groups excluding carboxylic acids is 2. The van der Waals surface area contributed by atoms with Gasteiger partial charge in [0.25, 0.3) is 0 Å². The Bertz CT molecular complexity index is 598. The molecule has 0 spiro atoms. The maximum Gasteiger partial charge on any atom is 0.308 e. The van der Waals surface area contributed by atoms with Gasteiger partial charge < -0.3 is 14.2 Å². The fourth-order valence-electron chi connectivity index (χ4n) is 1.97. The summed E-state index contributed by atoms with van der Waals surface area (Å²) in [4.78, 5) is 22.1. The first kappa shape index (κ1) is 14.1. The molecular formula is C15H16O5. The minimum absolute atomic E-state index is 0.385. The number of rotatable bonds is 2. The molecule has 5 heteroatoms. The van der Waals surface area contributed by atoms with Gasteiger partial charge in [0.15, 0.2) is 0 Å². The predicted molar refractivity (Wildman–Crippen MR) is 72.2 cm³/mol. The van der Waals surface area contributed by atoms with Gasteiger partial charge in [-0.2, -0.15) is 0 Å². The lowest BCUT2D eigenvalue weighted by molar-refractivity contribution is -0.134. The molecule has 106 valence electrons. The molecule has 0 bridgehead atoms. The zero-order chi connectivity index (χ0) is 14.9. The molecule has 0 unspecified atom stereocenters. The molecule has 1 aromatic carbocycles. The first-order valence-corrected chi connectivity index (χ1v) is 6.20. The summed E-state index contributed by atoms with van der Waals surface area (Å²) < 4.78 is 16.0. The van der Waals surface area contributed by atoms with Crippen molar-refractivity contribution in [3.63, 3.8) is 0 Å². The van der Waals surface area contributed by atoms with Crippen molar-refractivity contribution in [2.75, 3.05) is 0 Å². The molecule has 1 aliphatic rings. The molecule has 0 aliphatic carbocycles. The van der Waals surface area contributed by atoms with E-state index < -0.39 is 17.5 Å². The average Bonchev–Trinajstić information content (AvgIpc) is 2.24. The van der Waals surface area contributed by atoms with Crippen LogP contribution in [0.25, 0.3) is 5.76 Å². The Kier molecular flexibility index (Phi) is 3.53. The SMILES string of the molecule is CC(=O)OC1=CC(C)(C)Oc2cc(OC(C)=O)ccc21. The fraction of sp³-hybridized carbons (Fsp3) is 0.333. The predicted octanol–water partition coefficient (Wildman–Crippen LogP) is 2.69. The largest absolute Gasteiger partial charge is 0.483 e. The van der Waals surface area contributed by atoms with Crippen LogP contribution in [0.2, 0.25) is 0 Å². The highest BCUT2D eigenvalue weighted by molar-refractivity contribution is 5.80.